The van der Waals surface area contributed by atoms with E-state index >= 15 is 0 Å². The van der Waals surface area contributed by atoms with E-state index in [-0.39, 0.29) is 17.9 Å². The van der Waals surface area contributed by atoms with Gasteiger partial charge in [0.05, 0.1) is 5.75 Å². The largest absolute Gasteiger partial charge is 0.349 e. The second kappa shape index (κ2) is 6.04. The Bertz CT molecular complexity index is 725. The van der Waals surface area contributed by atoms with Gasteiger partial charge in [-0.25, -0.2) is 0 Å². The number of hydrogen-bond acceptors (Lipinski definition) is 3. The van der Waals surface area contributed by atoms with Crippen LogP contribution in [-0.2, 0) is 16.6 Å². The number of aromatic nitrogens is 1. The maximum absolute atomic E-state index is 12.1. The first-order chi connectivity index (χ1) is 10.6. The monoisotopic (exact) mass is 317 g/mol. The second-order valence-corrected chi connectivity index (χ2v) is 6.60. The van der Waals surface area contributed by atoms with Crippen LogP contribution in [0.4, 0.5) is 0 Å². The Labute approximate surface area is 133 Å². The van der Waals surface area contributed by atoms with Crippen LogP contribution in [0.25, 0.3) is 10.9 Å². The van der Waals surface area contributed by atoms with Crippen molar-refractivity contribution in [3.8, 4) is 0 Å². The Kier molecular flexibility index (Phi) is 4.11. The molecule has 1 fully saturated rings. The summed E-state index contributed by atoms with van der Waals surface area (Å²) in [6, 6.07) is 7.77. The van der Waals surface area contributed by atoms with E-state index in [1.807, 2.05) is 25.4 Å². The van der Waals surface area contributed by atoms with Crippen molar-refractivity contribution in [3.63, 3.8) is 0 Å². The standard InChI is InChI=1S/C16H19N3O2S/c1-18-8-7-12(16(18)21)17-15(20)10-22-14-9-19(2)13-6-4-3-5-11(13)14/h3-6,9,12H,7-8,10H2,1-2H3,(H,17,20). The molecule has 3 rings (SSSR count). The number of rotatable bonds is 4. The third-order valence-electron chi connectivity index (χ3n) is 3.98. The van der Waals surface area contributed by atoms with E-state index in [4.69, 9.17) is 0 Å². The van der Waals surface area contributed by atoms with Gasteiger partial charge in [0.1, 0.15) is 6.04 Å². The molecule has 5 nitrogen and oxygen atoms in total. The molecule has 1 aliphatic rings. The highest BCUT2D eigenvalue weighted by Crippen LogP contribution is 2.29. The maximum atomic E-state index is 12.1. The van der Waals surface area contributed by atoms with E-state index in [1.54, 1.807) is 11.9 Å². The number of carbonyl (C=O) groups excluding carboxylic acids is 2. The summed E-state index contributed by atoms with van der Waals surface area (Å²) in [6.07, 6.45) is 2.73. The highest BCUT2D eigenvalue weighted by molar-refractivity contribution is 8.00. The molecule has 116 valence electrons. The molecule has 0 saturated carbocycles. The Morgan fingerprint density at radius 2 is 2.14 bits per heavy atom. The van der Waals surface area contributed by atoms with Crippen molar-refractivity contribution in [1.29, 1.82) is 0 Å². The van der Waals surface area contributed by atoms with Crippen LogP contribution in [0.3, 0.4) is 0 Å². The number of fused-ring (bicyclic) bond motifs is 1. The Morgan fingerprint density at radius 1 is 1.36 bits per heavy atom. The maximum Gasteiger partial charge on any atom is 0.244 e. The van der Waals surface area contributed by atoms with Crippen LogP contribution in [0.2, 0.25) is 0 Å². The quantitative estimate of drug-likeness (QED) is 0.872. The number of para-hydroxylation sites is 1. The molecule has 0 radical (unpaired) electrons. The minimum atomic E-state index is -0.356. The fourth-order valence-electron chi connectivity index (χ4n) is 2.76. The highest BCUT2D eigenvalue weighted by Gasteiger charge is 2.30. The van der Waals surface area contributed by atoms with Gasteiger partial charge >= 0.3 is 0 Å². The lowest BCUT2D eigenvalue weighted by atomic mass is 10.2. The average Bonchev–Trinajstić information content (AvgIpc) is 3.00. The van der Waals surface area contributed by atoms with Crippen LogP contribution < -0.4 is 5.32 Å². The van der Waals surface area contributed by atoms with E-state index in [1.165, 1.54) is 11.8 Å². The average molecular weight is 317 g/mol. The summed E-state index contributed by atoms with van der Waals surface area (Å²) < 4.78 is 2.06. The van der Waals surface area contributed by atoms with Gasteiger partial charge < -0.3 is 14.8 Å². The first kappa shape index (κ1) is 15.0. The molecule has 0 aliphatic carbocycles. The van der Waals surface area contributed by atoms with E-state index in [2.05, 4.69) is 22.0 Å². The molecule has 1 aliphatic heterocycles. The summed E-state index contributed by atoms with van der Waals surface area (Å²) in [7, 11) is 3.76. The molecule has 1 aromatic heterocycles. The van der Waals surface area contributed by atoms with Crippen molar-refractivity contribution < 1.29 is 9.59 Å². The zero-order valence-electron chi connectivity index (χ0n) is 12.7. The predicted octanol–water partition coefficient (Wildman–Crippen LogP) is 1.62. The summed E-state index contributed by atoms with van der Waals surface area (Å²) in [4.78, 5) is 26.6. The van der Waals surface area contributed by atoms with Crippen molar-refractivity contribution in [2.75, 3.05) is 19.3 Å². The molecule has 1 unspecified atom stereocenters. The number of amides is 2. The van der Waals surface area contributed by atoms with Gasteiger partial charge in [0.15, 0.2) is 0 Å². The lowest BCUT2D eigenvalue weighted by Crippen LogP contribution is -2.41. The van der Waals surface area contributed by atoms with Crippen molar-refractivity contribution in [3.05, 3.63) is 30.5 Å². The van der Waals surface area contributed by atoms with Gasteiger partial charge in [0, 0.05) is 42.6 Å². The van der Waals surface area contributed by atoms with Gasteiger partial charge in [-0.2, -0.15) is 0 Å². The molecule has 22 heavy (non-hydrogen) atoms. The van der Waals surface area contributed by atoms with Gasteiger partial charge in [0.25, 0.3) is 0 Å². The van der Waals surface area contributed by atoms with Gasteiger partial charge in [-0.1, -0.05) is 18.2 Å². The van der Waals surface area contributed by atoms with Crippen LogP contribution in [0.15, 0.2) is 35.4 Å². The SMILES string of the molecule is CN1CCC(NC(=O)CSc2cn(C)c3ccccc23)C1=O. The number of hydrogen-bond donors (Lipinski definition) is 1. The van der Waals surface area contributed by atoms with Crippen molar-refractivity contribution >= 4 is 34.5 Å². The molecule has 2 aromatic rings. The molecular formula is C16H19N3O2S. The normalized spacial score (nSPS) is 18.2. The van der Waals surface area contributed by atoms with Crippen molar-refractivity contribution in [2.24, 2.45) is 7.05 Å². The van der Waals surface area contributed by atoms with Crippen LogP contribution in [0.5, 0.6) is 0 Å². The highest BCUT2D eigenvalue weighted by atomic mass is 32.2. The van der Waals surface area contributed by atoms with Crippen molar-refractivity contribution in [1.82, 2.24) is 14.8 Å². The summed E-state index contributed by atoms with van der Waals surface area (Å²) in [5.74, 6) is 0.233. The van der Waals surface area contributed by atoms with E-state index in [0.29, 0.717) is 18.7 Å². The number of aryl methyl sites for hydroxylation is 1. The zero-order chi connectivity index (χ0) is 15.7. The van der Waals surface area contributed by atoms with E-state index in [9.17, 15) is 9.59 Å². The molecule has 0 bridgehead atoms. The topological polar surface area (TPSA) is 54.3 Å². The molecule has 6 heteroatoms. The van der Waals surface area contributed by atoms with E-state index < -0.39 is 0 Å². The smallest absolute Gasteiger partial charge is 0.244 e. The van der Waals surface area contributed by atoms with Crippen LogP contribution in [-0.4, -0.2) is 46.7 Å². The number of likely N-dealkylation sites (N-methyl/N-ethyl adjacent to an activating group) is 1. The minimum absolute atomic E-state index is 0.00325. The van der Waals surface area contributed by atoms with Gasteiger partial charge in [-0.05, 0) is 12.5 Å². The zero-order valence-corrected chi connectivity index (χ0v) is 13.5. The third-order valence-corrected chi connectivity index (χ3v) is 5.02. The third kappa shape index (κ3) is 2.83. The van der Waals surface area contributed by atoms with Crippen LogP contribution >= 0.6 is 11.8 Å². The molecule has 1 N–H and O–H groups in total. The molecule has 2 amide bonds. The van der Waals surface area contributed by atoms with Crippen LogP contribution in [0, 0.1) is 0 Å². The number of carbonyl (C=O) groups is 2. The first-order valence-corrected chi connectivity index (χ1v) is 8.26. The molecule has 2 heterocycles. The number of nitrogens with zero attached hydrogens (tertiary/aromatic N) is 2. The lowest BCUT2D eigenvalue weighted by molar-refractivity contribution is -0.131. The molecule has 1 saturated heterocycles. The summed E-state index contributed by atoms with van der Waals surface area (Å²) in [5, 5.41) is 3.98. The number of thioether (sulfide) groups is 1. The summed E-state index contributed by atoms with van der Waals surface area (Å²) in [6.45, 7) is 0.709. The predicted molar refractivity (Wildman–Crippen MR) is 87.8 cm³/mol. The van der Waals surface area contributed by atoms with Crippen LogP contribution in [0.1, 0.15) is 6.42 Å². The molecule has 1 aromatic carbocycles. The summed E-state index contributed by atoms with van der Waals surface area (Å²) >= 11 is 1.51. The van der Waals surface area contributed by atoms with E-state index in [0.717, 1.165) is 15.8 Å². The van der Waals surface area contributed by atoms with Gasteiger partial charge in [0.2, 0.25) is 11.8 Å². The number of likely N-dealkylation sites (tertiary alicyclic amines) is 1. The second-order valence-electron chi connectivity index (χ2n) is 5.58. The number of benzene rings is 1. The van der Waals surface area contributed by atoms with Crippen molar-refractivity contribution in [2.45, 2.75) is 17.4 Å². The fourth-order valence-corrected chi connectivity index (χ4v) is 3.69. The molecule has 1 atom stereocenters. The Hall–Kier alpha value is -1.95. The Balaban J connectivity index is 1.62. The summed E-state index contributed by atoms with van der Waals surface area (Å²) in [5.41, 5.74) is 1.15. The fraction of sp³-hybridized carbons (Fsp3) is 0.375. The Morgan fingerprint density at radius 3 is 2.86 bits per heavy atom. The number of nitrogens with one attached hydrogen (secondary N) is 1. The minimum Gasteiger partial charge on any atom is -0.349 e. The van der Waals surface area contributed by atoms with Gasteiger partial charge in [-0.15, -0.1) is 11.8 Å². The first-order valence-electron chi connectivity index (χ1n) is 7.27. The van der Waals surface area contributed by atoms with Gasteiger partial charge in [-0.3, -0.25) is 9.59 Å². The lowest BCUT2D eigenvalue weighted by Gasteiger charge is -2.11. The molecule has 0 spiro atoms. The molecular weight excluding hydrogens is 298 g/mol.